The molecule has 6 atom stereocenters. The Morgan fingerprint density at radius 2 is 1.94 bits per heavy atom. The number of ether oxygens (including phenoxy) is 1. The van der Waals surface area contributed by atoms with Crippen molar-refractivity contribution >= 4 is 29.3 Å². The zero-order chi connectivity index (χ0) is 27.2. The lowest BCUT2D eigenvalue weighted by molar-refractivity contribution is -0.0765. The van der Waals surface area contributed by atoms with Crippen molar-refractivity contribution in [3.8, 4) is 11.8 Å². The van der Waals surface area contributed by atoms with Gasteiger partial charge in [0.2, 0.25) is 0 Å². The molecule has 3 unspecified atom stereocenters. The summed E-state index contributed by atoms with van der Waals surface area (Å²) in [5.74, 6) is 2.03. The highest BCUT2D eigenvalue weighted by molar-refractivity contribution is 7.66. The number of nitrogens with two attached hydrogens (primary N) is 1. The standard InChI is InChI=1S/C12H17FN3O14P3/c1-2-3-12(19)8(17)7(28-10(12)16-4-6(13)9(14)15-11(16)18)5-27-32(23,24)30-33(25,26)29-31(20,21)22/h4,7-8,10,17,19H,5H2,1H3,(H,23,24)(H,25,26)(H2,14,15,18)(H2,20,21,22)/t7-,8+,10-,12?/m1/s1/i5D2. The number of phosphoric acid groups is 3. The Hall–Kier alpha value is -1.54. The van der Waals surface area contributed by atoms with Crippen molar-refractivity contribution in [1.29, 1.82) is 0 Å². The van der Waals surface area contributed by atoms with E-state index in [4.69, 9.17) is 23.0 Å². The highest BCUT2D eigenvalue weighted by Crippen LogP contribution is 2.66. The lowest BCUT2D eigenvalue weighted by Gasteiger charge is -2.26. The molecule has 0 bridgehead atoms. The molecule has 2 heterocycles. The van der Waals surface area contributed by atoms with Gasteiger partial charge in [0.15, 0.2) is 23.5 Å². The molecule has 0 amide bonds. The van der Waals surface area contributed by atoms with Gasteiger partial charge in [-0.2, -0.15) is 13.6 Å². The summed E-state index contributed by atoms with van der Waals surface area (Å²) in [4.78, 5) is 51.1. The van der Waals surface area contributed by atoms with Crippen LogP contribution >= 0.6 is 23.5 Å². The molecule has 8 N–H and O–H groups in total. The number of hydrogen-bond donors (Lipinski definition) is 7. The van der Waals surface area contributed by atoms with E-state index in [0.29, 0.717) is 6.20 Å². The van der Waals surface area contributed by atoms with Crippen LogP contribution in [0.15, 0.2) is 11.0 Å². The van der Waals surface area contributed by atoms with Crippen LogP contribution in [-0.4, -0.2) is 63.7 Å². The van der Waals surface area contributed by atoms with Crippen molar-refractivity contribution < 1.29 is 68.5 Å². The van der Waals surface area contributed by atoms with Gasteiger partial charge in [-0.1, -0.05) is 5.92 Å². The zero-order valence-electron chi connectivity index (χ0n) is 18.0. The maximum atomic E-state index is 13.9. The Labute approximate surface area is 185 Å². The van der Waals surface area contributed by atoms with E-state index in [1.54, 1.807) is 0 Å². The summed E-state index contributed by atoms with van der Waals surface area (Å²) in [6, 6.07) is 0. The fourth-order valence-electron chi connectivity index (χ4n) is 2.44. The SMILES string of the molecule is [2H]C([2H])(OP(=O)(O)OP(=O)(O)OP(=O)(O)O)[C@H]1O[C@@H](n2cc(F)c(N)nc2=O)C(O)(C#CC)[C@H]1O. The van der Waals surface area contributed by atoms with E-state index in [0.717, 1.165) is 6.92 Å². The number of anilines is 1. The Morgan fingerprint density at radius 3 is 2.48 bits per heavy atom. The van der Waals surface area contributed by atoms with Crippen molar-refractivity contribution in [3.05, 3.63) is 22.5 Å². The van der Waals surface area contributed by atoms with Gasteiger partial charge >= 0.3 is 29.2 Å². The van der Waals surface area contributed by atoms with E-state index in [9.17, 15) is 42.9 Å². The Balaban J connectivity index is 2.44. The van der Waals surface area contributed by atoms with Crippen LogP contribution in [0.25, 0.3) is 0 Å². The molecule has 1 saturated heterocycles. The zero-order valence-corrected chi connectivity index (χ0v) is 18.6. The Bertz CT molecular complexity index is 1260. The van der Waals surface area contributed by atoms with Gasteiger partial charge in [-0.25, -0.2) is 22.9 Å². The number of phosphoric ester groups is 1. The van der Waals surface area contributed by atoms with Crippen LogP contribution in [0, 0.1) is 17.7 Å². The van der Waals surface area contributed by atoms with Gasteiger partial charge in [0.05, 0.1) is 15.5 Å². The topological polar surface area (TPSA) is 270 Å². The van der Waals surface area contributed by atoms with Crippen molar-refractivity contribution in [3.63, 3.8) is 0 Å². The Morgan fingerprint density at radius 1 is 1.33 bits per heavy atom. The highest BCUT2D eigenvalue weighted by atomic mass is 31.3. The fraction of sp³-hybridized carbons (Fsp3) is 0.500. The van der Waals surface area contributed by atoms with E-state index >= 15 is 0 Å². The molecule has 0 spiro atoms. The van der Waals surface area contributed by atoms with E-state index < -0.39 is 71.4 Å². The van der Waals surface area contributed by atoms with Gasteiger partial charge in [-0.05, 0) is 6.92 Å². The van der Waals surface area contributed by atoms with Crippen LogP contribution in [-0.2, 0) is 31.6 Å². The van der Waals surface area contributed by atoms with Crippen molar-refractivity contribution in [2.45, 2.75) is 31.0 Å². The number of nitrogens with zero attached hydrogens (tertiary/aromatic N) is 2. The number of aliphatic hydroxyl groups is 2. The summed E-state index contributed by atoms with van der Waals surface area (Å²) in [7, 11) is -17.9. The molecule has 0 saturated carbocycles. The van der Waals surface area contributed by atoms with E-state index in [2.05, 4.69) is 24.0 Å². The minimum absolute atomic E-state index is 0.236. The molecule has 0 aromatic carbocycles. The average molecular weight is 541 g/mol. The predicted molar refractivity (Wildman–Crippen MR) is 101 cm³/mol. The van der Waals surface area contributed by atoms with Crippen LogP contribution in [0.3, 0.4) is 0 Å². The molecule has 1 aliphatic heterocycles. The lowest BCUT2D eigenvalue weighted by atomic mass is 9.94. The molecule has 2 rings (SSSR count). The van der Waals surface area contributed by atoms with Gasteiger partial charge in [0.1, 0.15) is 12.2 Å². The summed E-state index contributed by atoms with van der Waals surface area (Å²) < 4.78 is 79.9. The number of hydrogen-bond acceptors (Lipinski definition) is 12. The summed E-state index contributed by atoms with van der Waals surface area (Å²) in [5, 5.41) is 21.3. The second kappa shape index (κ2) is 9.61. The molecule has 1 fully saturated rings. The van der Waals surface area contributed by atoms with Crippen molar-refractivity contribution in [1.82, 2.24) is 9.55 Å². The summed E-state index contributed by atoms with van der Waals surface area (Å²) in [5.41, 5.74) is 0.904. The second-order valence-corrected chi connectivity index (χ2v) is 10.4. The number of rotatable bonds is 8. The van der Waals surface area contributed by atoms with Crippen LogP contribution in [0.5, 0.6) is 0 Å². The molecule has 1 aliphatic rings. The maximum absolute atomic E-state index is 13.9. The number of aromatic nitrogens is 2. The van der Waals surface area contributed by atoms with Crippen LogP contribution in [0.2, 0.25) is 0 Å². The van der Waals surface area contributed by atoms with E-state index in [1.165, 1.54) is 0 Å². The molecule has 17 nitrogen and oxygen atoms in total. The van der Waals surface area contributed by atoms with Crippen LogP contribution in [0.4, 0.5) is 10.2 Å². The third kappa shape index (κ3) is 6.75. The third-order valence-electron chi connectivity index (χ3n) is 3.60. The van der Waals surface area contributed by atoms with Gasteiger partial charge in [0.25, 0.3) is 0 Å². The summed E-state index contributed by atoms with van der Waals surface area (Å²) in [6.07, 6.45) is -6.90. The molecule has 1 aromatic heterocycles. The van der Waals surface area contributed by atoms with Crippen molar-refractivity contribution in [2.24, 2.45) is 0 Å². The second-order valence-electron chi connectivity index (χ2n) is 6.02. The molecule has 186 valence electrons. The van der Waals surface area contributed by atoms with Crippen molar-refractivity contribution in [2.75, 3.05) is 12.3 Å². The minimum atomic E-state index is -6.10. The first-order valence-corrected chi connectivity index (χ1v) is 12.5. The smallest absolute Gasteiger partial charge is 0.386 e. The highest BCUT2D eigenvalue weighted by Gasteiger charge is 2.57. The molecule has 21 heteroatoms. The van der Waals surface area contributed by atoms with E-state index in [-0.39, 0.29) is 4.57 Å². The molecule has 33 heavy (non-hydrogen) atoms. The normalized spacial score (nSPS) is 30.4. The van der Waals surface area contributed by atoms with Gasteiger partial charge in [0, 0.05) is 0 Å². The summed E-state index contributed by atoms with van der Waals surface area (Å²) in [6.45, 7) is -2.60. The number of nitrogen functional groups attached to an aromatic ring is 1. The average Bonchev–Trinajstić information content (AvgIpc) is 2.86. The van der Waals surface area contributed by atoms with Gasteiger partial charge in [-0.3, -0.25) is 9.09 Å². The van der Waals surface area contributed by atoms with E-state index in [1.807, 2.05) is 5.92 Å². The molecule has 0 radical (unpaired) electrons. The quantitative estimate of drug-likeness (QED) is 0.143. The largest absolute Gasteiger partial charge is 0.490 e. The molecular weight excluding hydrogens is 522 g/mol. The first kappa shape index (κ1) is 24.6. The molecular formula is C12H17FN3O14P3. The first-order chi connectivity index (χ1) is 15.6. The summed E-state index contributed by atoms with van der Waals surface area (Å²) >= 11 is 0. The Kier molecular flexibility index (Phi) is 7.16. The van der Waals surface area contributed by atoms with Crippen LogP contribution in [0.1, 0.15) is 15.9 Å². The minimum Gasteiger partial charge on any atom is -0.386 e. The first-order valence-electron chi connectivity index (χ1n) is 9.02. The monoisotopic (exact) mass is 541 g/mol. The lowest BCUT2D eigenvalue weighted by Crippen LogP contribution is -2.48. The maximum Gasteiger partial charge on any atom is 0.490 e. The molecule has 1 aromatic rings. The van der Waals surface area contributed by atoms with Crippen LogP contribution < -0.4 is 11.4 Å². The predicted octanol–water partition coefficient (Wildman–Crippen LogP) is -1.68. The van der Waals surface area contributed by atoms with Gasteiger partial charge < -0.3 is 40.3 Å². The number of aliphatic hydroxyl groups excluding tert-OH is 1. The molecule has 0 aliphatic carbocycles. The number of halogens is 1. The fourth-order valence-corrected chi connectivity index (χ4v) is 5.32. The van der Waals surface area contributed by atoms with Gasteiger partial charge in [-0.15, -0.1) is 5.92 Å². The third-order valence-corrected chi connectivity index (χ3v) is 7.27.